The summed E-state index contributed by atoms with van der Waals surface area (Å²) >= 11 is 0. The van der Waals surface area contributed by atoms with E-state index in [4.69, 9.17) is 19.0 Å². The normalized spacial score (nSPS) is 11.2. The number of rotatable bonds is 11. The molecule has 0 saturated carbocycles. The average Bonchev–Trinajstić information content (AvgIpc) is 2.88. The van der Waals surface area contributed by atoms with E-state index in [9.17, 15) is 4.79 Å². The van der Waals surface area contributed by atoms with Gasteiger partial charge in [-0.15, -0.1) is 0 Å². The van der Waals surface area contributed by atoms with Crippen LogP contribution in [-0.2, 0) is 16.0 Å². The second-order valence-corrected chi connectivity index (χ2v) is 4.28. The number of hydrogen-bond donors (Lipinski definition) is 1. The first-order chi connectivity index (χ1) is 9.67. The third-order valence-corrected chi connectivity index (χ3v) is 2.79. The SMILES string of the molecule is CCOCCN(CCOCC)Cc1cc(C(=O)O)co1. The number of carboxylic acid groups (broad SMARTS) is 1. The molecule has 0 aliphatic carbocycles. The lowest BCUT2D eigenvalue weighted by atomic mass is 10.3. The number of furan rings is 1. The van der Waals surface area contributed by atoms with Gasteiger partial charge in [-0.25, -0.2) is 4.79 Å². The predicted octanol–water partition coefficient (Wildman–Crippen LogP) is 1.85. The van der Waals surface area contributed by atoms with Gasteiger partial charge in [0.05, 0.1) is 25.3 Å². The molecule has 0 saturated heterocycles. The van der Waals surface area contributed by atoms with Crippen LogP contribution >= 0.6 is 0 Å². The Morgan fingerprint density at radius 3 is 2.30 bits per heavy atom. The Morgan fingerprint density at radius 2 is 1.85 bits per heavy atom. The van der Waals surface area contributed by atoms with Gasteiger partial charge in [-0.2, -0.15) is 0 Å². The highest BCUT2D eigenvalue weighted by Gasteiger charge is 2.12. The van der Waals surface area contributed by atoms with Crippen molar-refractivity contribution in [3.63, 3.8) is 0 Å². The van der Waals surface area contributed by atoms with Gasteiger partial charge in [0.15, 0.2) is 0 Å². The summed E-state index contributed by atoms with van der Waals surface area (Å²) in [5.41, 5.74) is 0.176. The van der Waals surface area contributed by atoms with Crippen molar-refractivity contribution < 1.29 is 23.8 Å². The number of aromatic carboxylic acids is 1. The fourth-order valence-corrected chi connectivity index (χ4v) is 1.74. The summed E-state index contributed by atoms with van der Waals surface area (Å²) in [7, 11) is 0. The minimum atomic E-state index is -0.977. The molecule has 0 fully saturated rings. The summed E-state index contributed by atoms with van der Waals surface area (Å²) in [6, 6.07) is 1.55. The van der Waals surface area contributed by atoms with Crippen LogP contribution in [0, 0.1) is 0 Å². The van der Waals surface area contributed by atoms with Crippen molar-refractivity contribution in [2.75, 3.05) is 39.5 Å². The van der Waals surface area contributed by atoms with Crippen molar-refractivity contribution in [1.82, 2.24) is 4.90 Å². The van der Waals surface area contributed by atoms with Gasteiger partial charge in [-0.3, -0.25) is 4.90 Å². The highest BCUT2D eigenvalue weighted by atomic mass is 16.5. The van der Waals surface area contributed by atoms with Gasteiger partial charge in [-0.05, 0) is 19.9 Å². The maximum Gasteiger partial charge on any atom is 0.338 e. The molecule has 1 aromatic rings. The van der Waals surface area contributed by atoms with Crippen LogP contribution in [0.15, 0.2) is 16.7 Å². The van der Waals surface area contributed by atoms with Gasteiger partial charge in [0.25, 0.3) is 0 Å². The maximum absolute atomic E-state index is 10.8. The molecule has 0 atom stereocenters. The zero-order chi connectivity index (χ0) is 14.8. The fourth-order valence-electron chi connectivity index (χ4n) is 1.74. The molecule has 0 spiro atoms. The number of hydrogen-bond acceptors (Lipinski definition) is 5. The number of carboxylic acids is 1. The van der Waals surface area contributed by atoms with E-state index >= 15 is 0 Å². The van der Waals surface area contributed by atoms with Crippen LogP contribution < -0.4 is 0 Å². The van der Waals surface area contributed by atoms with Crippen molar-refractivity contribution >= 4 is 5.97 Å². The largest absolute Gasteiger partial charge is 0.478 e. The fraction of sp³-hybridized carbons (Fsp3) is 0.643. The Kier molecular flexibility index (Phi) is 7.94. The Bertz CT molecular complexity index is 381. The summed E-state index contributed by atoms with van der Waals surface area (Å²) in [6.07, 6.45) is 1.26. The first-order valence-corrected chi connectivity index (χ1v) is 6.85. The summed E-state index contributed by atoms with van der Waals surface area (Å²) in [4.78, 5) is 12.9. The molecule has 0 unspecified atom stereocenters. The lowest BCUT2D eigenvalue weighted by Crippen LogP contribution is -2.30. The van der Waals surface area contributed by atoms with Crippen molar-refractivity contribution in [2.45, 2.75) is 20.4 Å². The first-order valence-electron chi connectivity index (χ1n) is 6.85. The van der Waals surface area contributed by atoms with Gasteiger partial charge in [0, 0.05) is 26.3 Å². The lowest BCUT2D eigenvalue weighted by molar-refractivity contribution is 0.0696. The van der Waals surface area contributed by atoms with Gasteiger partial charge in [-0.1, -0.05) is 0 Å². The van der Waals surface area contributed by atoms with Crippen molar-refractivity contribution in [3.8, 4) is 0 Å². The van der Waals surface area contributed by atoms with E-state index < -0.39 is 5.97 Å². The Balaban J connectivity index is 2.49. The third-order valence-electron chi connectivity index (χ3n) is 2.79. The van der Waals surface area contributed by atoms with Crippen LogP contribution in [0.5, 0.6) is 0 Å². The van der Waals surface area contributed by atoms with E-state index in [1.807, 2.05) is 13.8 Å². The van der Waals surface area contributed by atoms with Crippen molar-refractivity contribution in [2.24, 2.45) is 0 Å². The topological polar surface area (TPSA) is 72.1 Å². The molecule has 0 aliphatic rings. The van der Waals surface area contributed by atoms with Gasteiger partial charge >= 0.3 is 5.97 Å². The van der Waals surface area contributed by atoms with Crippen molar-refractivity contribution in [1.29, 1.82) is 0 Å². The summed E-state index contributed by atoms with van der Waals surface area (Å²) in [6.45, 7) is 8.60. The molecule has 114 valence electrons. The number of ether oxygens (including phenoxy) is 2. The molecular formula is C14H23NO5. The van der Waals surface area contributed by atoms with E-state index in [0.717, 1.165) is 13.1 Å². The Hall–Kier alpha value is -1.37. The Labute approximate surface area is 119 Å². The van der Waals surface area contributed by atoms with Gasteiger partial charge < -0.3 is 19.0 Å². The molecule has 1 heterocycles. The maximum atomic E-state index is 10.8. The molecule has 0 aliphatic heterocycles. The minimum absolute atomic E-state index is 0.176. The molecule has 0 aromatic carbocycles. The molecule has 1 aromatic heterocycles. The van der Waals surface area contributed by atoms with Gasteiger partial charge in [0.2, 0.25) is 0 Å². The van der Waals surface area contributed by atoms with Crippen LogP contribution in [0.4, 0.5) is 0 Å². The molecule has 1 rings (SSSR count). The third kappa shape index (κ3) is 6.18. The predicted molar refractivity (Wildman–Crippen MR) is 73.9 cm³/mol. The highest BCUT2D eigenvalue weighted by molar-refractivity contribution is 5.87. The summed E-state index contributed by atoms with van der Waals surface area (Å²) < 4.78 is 16.0. The smallest absolute Gasteiger partial charge is 0.338 e. The average molecular weight is 285 g/mol. The summed E-state index contributed by atoms with van der Waals surface area (Å²) in [5.74, 6) is -0.342. The van der Waals surface area contributed by atoms with Crippen LogP contribution in [0.2, 0.25) is 0 Å². The van der Waals surface area contributed by atoms with E-state index in [1.54, 1.807) is 6.07 Å². The van der Waals surface area contributed by atoms with Crippen LogP contribution in [-0.4, -0.2) is 55.5 Å². The van der Waals surface area contributed by atoms with Crippen LogP contribution in [0.3, 0.4) is 0 Å². The Morgan fingerprint density at radius 1 is 1.25 bits per heavy atom. The standard InChI is InChI=1S/C14H23NO5/c1-3-18-7-5-15(6-8-19-4-2)10-13-9-12(11-20-13)14(16)17/h9,11H,3-8,10H2,1-2H3,(H,16,17). The second kappa shape index (κ2) is 9.52. The molecule has 6 nitrogen and oxygen atoms in total. The van der Waals surface area contributed by atoms with E-state index in [2.05, 4.69) is 4.90 Å². The molecule has 0 amide bonds. The van der Waals surface area contributed by atoms with Crippen LogP contribution in [0.1, 0.15) is 30.0 Å². The molecule has 20 heavy (non-hydrogen) atoms. The zero-order valence-corrected chi connectivity index (χ0v) is 12.1. The molecule has 1 N–H and O–H groups in total. The molecule has 0 radical (unpaired) electrons. The van der Waals surface area contributed by atoms with Gasteiger partial charge in [0.1, 0.15) is 12.0 Å². The molecule has 0 bridgehead atoms. The van der Waals surface area contributed by atoms with E-state index in [-0.39, 0.29) is 5.56 Å². The lowest BCUT2D eigenvalue weighted by Gasteiger charge is -2.20. The summed E-state index contributed by atoms with van der Waals surface area (Å²) in [5, 5.41) is 8.87. The monoisotopic (exact) mass is 285 g/mol. The highest BCUT2D eigenvalue weighted by Crippen LogP contribution is 2.10. The van der Waals surface area contributed by atoms with E-state index in [0.29, 0.717) is 38.7 Å². The quantitative estimate of drug-likeness (QED) is 0.626. The van der Waals surface area contributed by atoms with Crippen LogP contribution in [0.25, 0.3) is 0 Å². The van der Waals surface area contributed by atoms with E-state index in [1.165, 1.54) is 6.26 Å². The van der Waals surface area contributed by atoms with Crippen molar-refractivity contribution in [3.05, 3.63) is 23.7 Å². The second-order valence-electron chi connectivity index (χ2n) is 4.28. The first kappa shape index (κ1) is 16.7. The molecular weight excluding hydrogens is 262 g/mol. The zero-order valence-electron chi connectivity index (χ0n) is 12.1. The molecule has 6 heteroatoms. The number of nitrogens with zero attached hydrogens (tertiary/aromatic N) is 1. The minimum Gasteiger partial charge on any atom is -0.478 e. The number of carbonyl (C=O) groups is 1.